The molecule has 1 amide bonds. The number of aryl methyl sites for hydroxylation is 1. The number of nitrogens with two attached hydrogens (primary N) is 1. The monoisotopic (exact) mass is 382 g/mol. The average molecular weight is 382 g/mol. The molecule has 3 N–H and O–H groups in total. The van der Waals surface area contributed by atoms with Crippen LogP contribution >= 0.6 is 0 Å². The summed E-state index contributed by atoms with van der Waals surface area (Å²) in [5, 5.41) is 3.25. The lowest BCUT2D eigenvalue weighted by atomic mass is 9.76. The van der Waals surface area contributed by atoms with Crippen molar-refractivity contribution < 1.29 is 9.18 Å². The van der Waals surface area contributed by atoms with Gasteiger partial charge in [0.15, 0.2) is 0 Å². The quantitative estimate of drug-likeness (QED) is 0.830. The number of fused-ring (bicyclic) bond motifs is 1. The minimum atomic E-state index is -0.202. The van der Waals surface area contributed by atoms with Crippen LogP contribution in [-0.2, 0) is 17.6 Å². The Bertz CT molecular complexity index is 829. The number of aromatic nitrogens is 1. The molecular weight excluding hydrogens is 355 g/mol. The van der Waals surface area contributed by atoms with Gasteiger partial charge in [0, 0.05) is 43.5 Å². The van der Waals surface area contributed by atoms with Gasteiger partial charge in [0.25, 0.3) is 0 Å². The third-order valence-electron chi connectivity index (χ3n) is 5.92. The molecule has 5 nitrogen and oxygen atoms in total. The van der Waals surface area contributed by atoms with Crippen molar-refractivity contribution in [2.45, 2.75) is 43.7 Å². The van der Waals surface area contributed by atoms with Crippen LogP contribution in [0, 0.1) is 5.82 Å². The number of nitrogens with one attached hydrogen (secondary N) is 1. The fourth-order valence-electron chi connectivity index (χ4n) is 4.54. The fourth-order valence-corrected chi connectivity index (χ4v) is 4.54. The second-order valence-electron chi connectivity index (χ2n) is 8.01. The van der Waals surface area contributed by atoms with E-state index in [1.807, 2.05) is 18.3 Å². The van der Waals surface area contributed by atoms with E-state index >= 15 is 0 Å². The van der Waals surface area contributed by atoms with E-state index in [1.54, 1.807) is 12.3 Å². The molecule has 1 aliphatic heterocycles. The maximum Gasteiger partial charge on any atom is 0.234 e. The Balaban J connectivity index is 1.51. The van der Waals surface area contributed by atoms with Crippen LogP contribution in [0.5, 0.6) is 0 Å². The number of benzene rings is 1. The van der Waals surface area contributed by atoms with Crippen molar-refractivity contribution in [1.29, 1.82) is 0 Å². The molecule has 6 heteroatoms. The molecule has 0 bridgehead atoms. The van der Waals surface area contributed by atoms with Crippen molar-refractivity contribution in [2.24, 2.45) is 5.73 Å². The van der Waals surface area contributed by atoms with Crippen LogP contribution in [0.15, 0.2) is 42.7 Å². The number of hydrogen-bond donors (Lipinski definition) is 2. The Kier molecular flexibility index (Phi) is 5.69. The molecule has 1 aromatic carbocycles. The number of carbonyl (C=O) groups is 1. The molecule has 148 valence electrons. The van der Waals surface area contributed by atoms with E-state index in [2.05, 4.69) is 21.3 Å². The van der Waals surface area contributed by atoms with Gasteiger partial charge >= 0.3 is 0 Å². The number of likely N-dealkylation sites (tertiary alicyclic amines) is 1. The van der Waals surface area contributed by atoms with Crippen molar-refractivity contribution in [1.82, 2.24) is 15.2 Å². The van der Waals surface area contributed by atoms with Crippen molar-refractivity contribution in [3.63, 3.8) is 0 Å². The molecule has 0 spiro atoms. The number of halogens is 1. The van der Waals surface area contributed by atoms with Crippen molar-refractivity contribution in [3.05, 3.63) is 65.2 Å². The molecule has 1 aliphatic carbocycles. The molecule has 1 aromatic heterocycles. The second-order valence-corrected chi connectivity index (χ2v) is 8.01. The van der Waals surface area contributed by atoms with Crippen molar-refractivity contribution in [2.75, 3.05) is 19.6 Å². The van der Waals surface area contributed by atoms with Gasteiger partial charge < -0.3 is 11.1 Å². The number of hydrogen-bond acceptors (Lipinski definition) is 4. The van der Waals surface area contributed by atoms with Gasteiger partial charge in [-0.1, -0.05) is 12.1 Å². The second kappa shape index (κ2) is 8.37. The third kappa shape index (κ3) is 4.39. The van der Waals surface area contributed by atoms with Gasteiger partial charge in [-0.2, -0.15) is 0 Å². The van der Waals surface area contributed by atoms with Gasteiger partial charge in [0.1, 0.15) is 5.82 Å². The van der Waals surface area contributed by atoms with Crippen LogP contribution in [-0.4, -0.2) is 47.5 Å². The zero-order valence-electron chi connectivity index (χ0n) is 16.0. The SMILES string of the molecule is N[C@@H]1CCN(CC(=O)N[C@H]2CCc3cc(F)ccc3[C@H]2Cc2cccnc2)C1. The maximum absolute atomic E-state index is 13.7. The summed E-state index contributed by atoms with van der Waals surface area (Å²) in [5.74, 6) is -0.0501. The predicted octanol–water partition coefficient (Wildman–Crippen LogP) is 2.01. The summed E-state index contributed by atoms with van der Waals surface area (Å²) >= 11 is 0. The summed E-state index contributed by atoms with van der Waals surface area (Å²) in [5.41, 5.74) is 9.24. The van der Waals surface area contributed by atoms with Crippen LogP contribution in [0.1, 0.15) is 35.4 Å². The van der Waals surface area contributed by atoms with Gasteiger partial charge in [-0.05, 0) is 60.6 Å². The lowest BCUT2D eigenvalue weighted by Crippen LogP contribution is -2.46. The van der Waals surface area contributed by atoms with Crippen LogP contribution in [0.2, 0.25) is 0 Å². The van der Waals surface area contributed by atoms with Gasteiger partial charge in [-0.15, -0.1) is 0 Å². The molecule has 2 heterocycles. The average Bonchev–Trinajstić information content (AvgIpc) is 3.09. The molecule has 4 rings (SSSR count). The van der Waals surface area contributed by atoms with Gasteiger partial charge in [-0.3, -0.25) is 14.7 Å². The van der Waals surface area contributed by atoms with Gasteiger partial charge in [0.05, 0.1) is 6.54 Å². The first-order valence-electron chi connectivity index (χ1n) is 10.0. The normalized spacial score (nSPS) is 24.7. The highest BCUT2D eigenvalue weighted by molar-refractivity contribution is 5.78. The number of rotatable bonds is 5. The third-order valence-corrected chi connectivity index (χ3v) is 5.92. The van der Waals surface area contributed by atoms with Gasteiger partial charge in [-0.25, -0.2) is 4.39 Å². The highest BCUT2D eigenvalue weighted by Crippen LogP contribution is 2.35. The van der Waals surface area contributed by atoms with Crippen LogP contribution in [0.4, 0.5) is 4.39 Å². The first kappa shape index (κ1) is 19.0. The number of amides is 1. The highest BCUT2D eigenvalue weighted by Gasteiger charge is 2.32. The summed E-state index contributed by atoms with van der Waals surface area (Å²) in [6.45, 7) is 2.04. The summed E-state index contributed by atoms with van der Waals surface area (Å²) < 4.78 is 13.7. The Morgan fingerprint density at radius 3 is 2.96 bits per heavy atom. The zero-order valence-corrected chi connectivity index (χ0v) is 16.0. The fraction of sp³-hybridized carbons (Fsp3) is 0.455. The maximum atomic E-state index is 13.7. The molecule has 28 heavy (non-hydrogen) atoms. The molecule has 1 fully saturated rings. The van der Waals surface area contributed by atoms with Crippen LogP contribution in [0.3, 0.4) is 0 Å². The summed E-state index contributed by atoms with van der Waals surface area (Å²) in [6, 6.07) is 9.21. The van der Waals surface area contributed by atoms with E-state index in [1.165, 1.54) is 6.07 Å². The minimum absolute atomic E-state index is 0.0296. The summed E-state index contributed by atoms with van der Waals surface area (Å²) in [6.07, 6.45) is 6.92. The number of pyridine rings is 1. The number of nitrogens with zero attached hydrogens (tertiary/aromatic N) is 2. The Hall–Kier alpha value is -2.31. The van der Waals surface area contributed by atoms with E-state index in [9.17, 15) is 9.18 Å². The first-order chi connectivity index (χ1) is 13.6. The number of carbonyl (C=O) groups excluding carboxylic acids is 1. The Morgan fingerprint density at radius 1 is 1.32 bits per heavy atom. The summed E-state index contributed by atoms with van der Waals surface area (Å²) in [7, 11) is 0. The smallest absolute Gasteiger partial charge is 0.234 e. The zero-order chi connectivity index (χ0) is 19.5. The molecule has 0 unspecified atom stereocenters. The molecular formula is C22H27FN4O. The molecule has 0 radical (unpaired) electrons. The molecule has 0 saturated carbocycles. The van der Waals surface area contributed by atoms with E-state index in [0.717, 1.165) is 55.5 Å². The van der Waals surface area contributed by atoms with Crippen LogP contribution in [0.25, 0.3) is 0 Å². The van der Waals surface area contributed by atoms with E-state index in [0.29, 0.717) is 6.54 Å². The lowest BCUT2D eigenvalue weighted by molar-refractivity contribution is -0.123. The van der Waals surface area contributed by atoms with Crippen LogP contribution < -0.4 is 11.1 Å². The predicted molar refractivity (Wildman–Crippen MR) is 106 cm³/mol. The lowest BCUT2D eigenvalue weighted by Gasteiger charge is -2.35. The molecule has 2 aromatic rings. The van der Waals surface area contributed by atoms with Crippen molar-refractivity contribution in [3.8, 4) is 0 Å². The minimum Gasteiger partial charge on any atom is -0.352 e. The Morgan fingerprint density at radius 2 is 2.21 bits per heavy atom. The van der Waals surface area contributed by atoms with Crippen molar-refractivity contribution >= 4 is 5.91 Å². The van der Waals surface area contributed by atoms with E-state index in [-0.39, 0.29) is 29.7 Å². The largest absolute Gasteiger partial charge is 0.352 e. The van der Waals surface area contributed by atoms with Gasteiger partial charge in [0.2, 0.25) is 5.91 Å². The highest BCUT2D eigenvalue weighted by atomic mass is 19.1. The topological polar surface area (TPSA) is 71.2 Å². The van der Waals surface area contributed by atoms with E-state index in [4.69, 9.17) is 5.73 Å². The first-order valence-corrected chi connectivity index (χ1v) is 10.0. The molecule has 1 saturated heterocycles. The molecule has 2 aliphatic rings. The summed E-state index contributed by atoms with van der Waals surface area (Å²) in [4.78, 5) is 19.0. The van der Waals surface area contributed by atoms with E-state index < -0.39 is 0 Å². The standard InChI is InChI=1S/C22H27FN4O/c23-17-4-5-19-16(11-17)3-6-21(20(19)10-15-2-1-8-25-12-15)26-22(28)14-27-9-7-18(24)13-27/h1-2,4-5,8,11-12,18,20-21H,3,6-7,9-10,13-14,24H2,(H,26,28)/t18-,20-,21+/m1/s1. The molecule has 3 atom stereocenters. The Labute approximate surface area is 165 Å².